The average Bonchev–Trinajstić information content (AvgIpc) is 2.80. The lowest BCUT2D eigenvalue weighted by Crippen LogP contribution is -2.33. The van der Waals surface area contributed by atoms with E-state index in [2.05, 4.69) is 16.4 Å². The van der Waals surface area contributed by atoms with Crippen molar-refractivity contribution in [3.63, 3.8) is 0 Å². The van der Waals surface area contributed by atoms with E-state index in [1.54, 1.807) is 0 Å². The fourth-order valence-corrected chi connectivity index (χ4v) is 4.37. The molecule has 32 heavy (non-hydrogen) atoms. The van der Waals surface area contributed by atoms with Crippen LogP contribution in [0.4, 0.5) is 0 Å². The molecule has 3 aromatic carbocycles. The normalized spacial score (nSPS) is 12.7. The first-order valence-electron chi connectivity index (χ1n) is 10.8. The molecule has 0 saturated carbocycles. The number of rotatable bonds is 4. The summed E-state index contributed by atoms with van der Waals surface area (Å²) in [5.74, 6) is 0.847. The lowest BCUT2D eigenvalue weighted by Gasteiger charge is -2.27. The number of pyridine rings is 1. The van der Waals surface area contributed by atoms with Crippen molar-refractivity contribution >= 4 is 16.8 Å². The van der Waals surface area contributed by atoms with Gasteiger partial charge in [-0.3, -0.25) is 9.59 Å². The van der Waals surface area contributed by atoms with Gasteiger partial charge in [0.2, 0.25) is 5.91 Å². The van der Waals surface area contributed by atoms with E-state index in [-0.39, 0.29) is 11.5 Å². The fourth-order valence-electron chi connectivity index (χ4n) is 4.37. The fraction of sp³-hybridized carbons (Fsp3) is 0.185. The van der Waals surface area contributed by atoms with E-state index in [4.69, 9.17) is 4.74 Å². The largest absolute Gasteiger partial charge is 0.457 e. The van der Waals surface area contributed by atoms with Crippen molar-refractivity contribution in [1.29, 1.82) is 0 Å². The van der Waals surface area contributed by atoms with Crippen molar-refractivity contribution in [3.8, 4) is 11.5 Å². The van der Waals surface area contributed by atoms with E-state index in [1.165, 1.54) is 0 Å². The van der Waals surface area contributed by atoms with E-state index in [0.717, 1.165) is 33.2 Å². The predicted octanol–water partition coefficient (Wildman–Crippen LogP) is 4.74. The number of ether oxygens (including phenoxy) is 1. The smallest absolute Gasteiger partial charge is 0.251 e. The van der Waals surface area contributed by atoms with Crippen LogP contribution in [0, 0.1) is 13.8 Å². The number of hydrogen-bond donors (Lipinski definition) is 2. The van der Waals surface area contributed by atoms with Crippen LogP contribution >= 0.6 is 0 Å². The maximum Gasteiger partial charge on any atom is 0.251 e. The molecule has 1 aliphatic rings. The summed E-state index contributed by atoms with van der Waals surface area (Å²) in [6.45, 7) is 4.42. The molecular formula is C27H24N2O3. The number of aromatic nitrogens is 1. The first-order valence-corrected chi connectivity index (χ1v) is 10.8. The Kier molecular flexibility index (Phi) is 5.02. The van der Waals surface area contributed by atoms with Crippen molar-refractivity contribution in [3.05, 3.63) is 105 Å². The van der Waals surface area contributed by atoms with Crippen LogP contribution < -0.4 is 15.6 Å². The molecule has 0 fully saturated rings. The number of fused-ring (bicyclic) bond motifs is 3. The molecule has 0 spiro atoms. The Bertz CT molecular complexity index is 1360. The predicted molar refractivity (Wildman–Crippen MR) is 126 cm³/mol. The molecule has 0 bridgehead atoms. The lowest BCUT2D eigenvalue weighted by molar-refractivity contribution is -0.121. The van der Waals surface area contributed by atoms with Gasteiger partial charge in [-0.15, -0.1) is 0 Å². The Labute approximate surface area is 186 Å². The molecule has 160 valence electrons. The number of H-pyrrole nitrogens is 1. The summed E-state index contributed by atoms with van der Waals surface area (Å²) in [7, 11) is 0. The maximum absolute atomic E-state index is 13.2. The van der Waals surface area contributed by atoms with Crippen LogP contribution in [-0.4, -0.2) is 17.4 Å². The molecule has 0 unspecified atom stereocenters. The molecule has 4 aromatic rings. The number of amides is 1. The van der Waals surface area contributed by atoms with Gasteiger partial charge in [-0.05, 0) is 55.0 Å². The highest BCUT2D eigenvalue weighted by molar-refractivity contribution is 5.89. The Balaban J connectivity index is 1.37. The van der Waals surface area contributed by atoms with Crippen molar-refractivity contribution < 1.29 is 9.53 Å². The van der Waals surface area contributed by atoms with Crippen molar-refractivity contribution in [1.82, 2.24) is 10.3 Å². The molecule has 0 radical (unpaired) electrons. The van der Waals surface area contributed by atoms with Gasteiger partial charge in [0.05, 0.1) is 11.4 Å². The number of benzene rings is 3. The second-order valence-electron chi connectivity index (χ2n) is 8.25. The van der Waals surface area contributed by atoms with Gasteiger partial charge >= 0.3 is 0 Å². The van der Waals surface area contributed by atoms with E-state index in [0.29, 0.717) is 30.0 Å². The number of para-hydroxylation sites is 2. The van der Waals surface area contributed by atoms with Crippen LogP contribution in [0.1, 0.15) is 33.7 Å². The van der Waals surface area contributed by atoms with Gasteiger partial charge in [-0.25, -0.2) is 0 Å². The summed E-state index contributed by atoms with van der Waals surface area (Å²) in [5.41, 5.74) is 5.34. The van der Waals surface area contributed by atoms with Crippen LogP contribution in [-0.2, 0) is 11.2 Å². The van der Waals surface area contributed by atoms with E-state index >= 15 is 0 Å². The van der Waals surface area contributed by atoms with Gasteiger partial charge in [-0.1, -0.05) is 48.5 Å². The third-order valence-electron chi connectivity index (χ3n) is 6.26. The van der Waals surface area contributed by atoms with Gasteiger partial charge in [-0.2, -0.15) is 0 Å². The van der Waals surface area contributed by atoms with Gasteiger partial charge in [0.25, 0.3) is 5.56 Å². The van der Waals surface area contributed by atoms with Crippen molar-refractivity contribution in [2.24, 2.45) is 0 Å². The van der Waals surface area contributed by atoms with E-state index in [9.17, 15) is 9.59 Å². The Morgan fingerprint density at radius 3 is 2.31 bits per heavy atom. The molecule has 1 aliphatic heterocycles. The molecule has 0 saturated heterocycles. The van der Waals surface area contributed by atoms with Crippen LogP contribution in [0.25, 0.3) is 10.9 Å². The second kappa shape index (κ2) is 8.00. The van der Waals surface area contributed by atoms with Crippen molar-refractivity contribution in [2.75, 3.05) is 6.54 Å². The Morgan fingerprint density at radius 2 is 1.62 bits per heavy atom. The minimum atomic E-state index is -0.448. The minimum absolute atomic E-state index is 0.100. The number of carbonyl (C=O) groups excluding carboxylic acids is 1. The summed E-state index contributed by atoms with van der Waals surface area (Å²) in [6.07, 6.45) is 0.455. The Morgan fingerprint density at radius 1 is 0.969 bits per heavy atom. The van der Waals surface area contributed by atoms with Crippen LogP contribution in [0.2, 0.25) is 0 Å². The summed E-state index contributed by atoms with van der Waals surface area (Å²) < 4.78 is 5.98. The molecule has 5 nitrogen and oxygen atoms in total. The average molecular weight is 425 g/mol. The summed E-state index contributed by atoms with van der Waals surface area (Å²) in [6, 6.07) is 21.2. The molecule has 5 heteroatoms. The molecule has 0 atom stereocenters. The number of aryl methyl sites for hydroxylation is 2. The lowest BCUT2D eigenvalue weighted by atomic mass is 9.87. The van der Waals surface area contributed by atoms with Crippen LogP contribution in [0.3, 0.4) is 0 Å². The Hall–Kier alpha value is -3.86. The SMILES string of the molecule is Cc1ccc2cc(CCNC(=O)C3c4ccccc4Oc4ccccc43)c(=O)[nH]c2c1C. The molecule has 2 N–H and O–H groups in total. The number of carbonyl (C=O) groups is 1. The van der Waals surface area contributed by atoms with Crippen LogP contribution in [0.15, 0.2) is 71.5 Å². The third-order valence-corrected chi connectivity index (χ3v) is 6.26. The van der Waals surface area contributed by atoms with Crippen molar-refractivity contribution in [2.45, 2.75) is 26.2 Å². The first kappa shape index (κ1) is 20.1. The monoisotopic (exact) mass is 424 g/mol. The summed E-state index contributed by atoms with van der Waals surface area (Å²) in [4.78, 5) is 28.9. The molecule has 2 heterocycles. The maximum atomic E-state index is 13.2. The number of aromatic amines is 1. The van der Waals surface area contributed by atoms with Gasteiger partial charge < -0.3 is 15.0 Å². The summed E-state index contributed by atoms with van der Waals surface area (Å²) in [5, 5.41) is 4.03. The molecule has 5 rings (SSSR count). The van der Waals surface area contributed by atoms with Crippen LogP contribution in [0.5, 0.6) is 11.5 Å². The van der Waals surface area contributed by atoms with E-state index < -0.39 is 5.92 Å². The highest BCUT2D eigenvalue weighted by Crippen LogP contribution is 2.43. The molecule has 1 amide bonds. The van der Waals surface area contributed by atoms with Gasteiger partial charge in [0, 0.05) is 23.2 Å². The highest BCUT2D eigenvalue weighted by atomic mass is 16.5. The highest BCUT2D eigenvalue weighted by Gasteiger charge is 2.32. The minimum Gasteiger partial charge on any atom is -0.457 e. The second-order valence-corrected chi connectivity index (χ2v) is 8.25. The number of nitrogens with one attached hydrogen (secondary N) is 2. The van der Waals surface area contributed by atoms with E-state index in [1.807, 2.05) is 74.5 Å². The molecule has 0 aliphatic carbocycles. The zero-order chi connectivity index (χ0) is 22.2. The standard InChI is InChI=1S/C27H24N2O3/c1-16-11-12-18-15-19(26(30)29-25(18)17(16)2)13-14-28-27(31)24-20-7-3-5-9-22(20)32-23-10-6-4-8-21(23)24/h3-12,15,24H,13-14H2,1-2H3,(H,28,31)(H,29,30). The number of hydrogen-bond acceptors (Lipinski definition) is 3. The zero-order valence-electron chi connectivity index (χ0n) is 18.1. The third kappa shape index (κ3) is 3.46. The first-order chi connectivity index (χ1) is 15.5. The zero-order valence-corrected chi connectivity index (χ0v) is 18.1. The summed E-state index contributed by atoms with van der Waals surface area (Å²) >= 11 is 0. The topological polar surface area (TPSA) is 71.2 Å². The van der Waals surface area contributed by atoms with Gasteiger partial charge in [0.15, 0.2) is 0 Å². The quantitative estimate of drug-likeness (QED) is 0.497. The van der Waals surface area contributed by atoms with Gasteiger partial charge in [0.1, 0.15) is 11.5 Å². The molecule has 1 aromatic heterocycles. The molecular weight excluding hydrogens is 400 g/mol.